The highest BCUT2D eigenvalue weighted by Gasteiger charge is 2.17. The molecule has 0 aliphatic carbocycles. The molecule has 0 saturated carbocycles. The number of benzene rings is 1. The van der Waals surface area contributed by atoms with Gasteiger partial charge >= 0.3 is 0 Å². The van der Waals surface area contributed by atoms with E-state index in [1.807, 2.05) is 23.5 Å². The fourth-order valence-electron chi connectivity index (χ4n) is 1.92. The van der Waals surface area contributed by atoms with Crippen LogP contribution in [-0.2, 0) is 0 Å². The summed E-state index contributed by atoms with van der Waals surface area (Å²) in [5, 5.41) is 3.29. The number of hydrogen-bond acceptors (Lipinski definition) is 4. The van der Waals surface area contributed by atoms with Crippen molar-refractivity contribution >= 4 is 29.4 Å². The van der Waals surface area contributed by atoms with Gasteiger partial charge in [0.25, 0.3) is 5.91 Å². The summed E-state index contributed by atoms with van der Waals surface area (Å²) in [5.41, 5.74) is 6.11. The molecule has 2 rings (SSSR count). The van der Waals surface area contributed by atoms with Crippen LogP contribution in [0.5, 0.6) is 0 Å². The summed E-state index contributed by atoms with van der Waals surface area (Å²) in [6.45, 7) is 0.797. The van der Waals surface area contributed by atoms with E-state index in [9.17, 15) is 9.18 Å². The van der Waals surface area contributed by atoms with Crippen molar-refractivity contribution in [2.45, 2.75) is 5.25 Å². The van der Waals surface area contributed by atoms with Gasteiger partial charge in [0.2, 0.25) is 0 Å². The van der Waals surface area contributed by atoms with Gasteiger partial charge in [0, 0.05) is 34.6 Å². The lowest BCUT2D eigenvalue weighted by molar-refractivity contribution is 0.0953. The summed E-state index contributed by atoms with van der Waals surface area (Å²) >= 11 is 3.77. The Bertz CT molecular complexity index is 563. The molecule has 3 nitrogen and oxygen atoms in total. The van der Waals surface area contributed by atoms with Crippen LogP contribution in [0.3, 0.4) is 0 Å². The highest BCUT2D eigenvalue weighted by atomic mass is 32.2. The minimum absolute atomic E-state index is 0.203. The van der Waals surface area contributed by atoms with Crippen molar-refractivity contribution in [1.29, 1.82) is 0 Å². The molecule has 1 saturated heterocycles. The third-order valence-electron chi connectivity index (χ3n) is 2.93. The fraction of sp³-hybridized carbons (Fsp3) is 0.400. The lowest BCUT2D eigenvalue weighted by Crippen LogP contribution is -2.33. The van der Waals surface area contributed by atoms with Crippen molar-refractivity contribution in [1.82, 2.24) is 5.32 Å². The van der Waals surface area contributed by atoms with Gasteiger partial charge in [-0.1, -0.05) is 11.8 Å². The van der Waals surface area contributed by atoms with Crippen LogP contribution in [-0.4, -0.2) is 41.5 Å². The third-order valence-corrected chi connectivity index (χ3v) is 5.77. The Morgan fingerprint density at radius 1 is 1.48 bits per heavy atom. The van der Waals surface area contributed by atoms with Crippen LogP contribution in [0.1, 0.15) is 15.9 Å². The minimum atomic E-state index is -0.443. The van der Waals surface area contributed by atoms with Gasteiger partial charge in [-0.15, -0.1) is 0 Å². The van der Waals surface area contributed by atoms with E-state index in [1.54, 1.807) is 0 Å². The second kappa shape index (κ2) is 8.32. The predicted molar refractivity (Wildman–Crippen MR) is 88.2 cm³/mol. The Morgan fingerprint density at radius 2 is 2.33 bits per heavy atom. The van der Waals surface area contributed by atoms with Crippen molar-refractivity contribution in [3.05, 3.63) is 35.1 Å². The summed E-state index contributed by atoms with van der Waals surface area (Å²) in [7, 11) is 0. The molecule has 1 aliphatic heterocycles. The fourth-order valence-corrected chi connectivity index (χ4v) is 4.53. The Kier molecular flexibility index (Phi) is 6.43. The van der Waals surface area contributed by atoms with E-state index in [4.69, 9.17) is 5.73 Å². The molecule has 0 spiro atoms. The molecule has 3 N–H and O–H groups in total. The first-order valence-electron chi connectivity index (χ1n) is 6.66. The van der Waals surface area contributed by atoms with Gasteiger partial charge in [-0.25, -0.2) is 4.39 Å². The maximum atomic E-state index is 13.4. The summed E-state index contributed by atoms with van der Waals surface area (Å²) in [6, 6.07) is 4.03. The average Bonchev–Trinajstić information content (AvgIpc) is 2.52. The molecule has 1 aromatic rings. The molecule has 112 valence electrons. The molecule has 0 radical (unpaired) electrons. The number of carbonyl (C=O) groups is 1. The van der Waals surface area contributed by atoms with E-state index < -0.39 is 5.82 Å². The van der Waals surface area contributed by atoms with Crippen LogP contribution in [0.4, 0.5) is 4.39 Å². The maximum absolute atomic E-state index is 13.4. The Balaban J connectivity index is 2.04. The third kappa shape index (κ3) is 4.95. The van der Waals surface area contributed by atoms with E-state index in [1.165, 1.54) is 18.2 Å². The van der Waals surface area contributed by atoms with E-state index in [2.05, 4.69) is 17.2 Å². The first-order chi connectivity index (χ1) is 10.2. The average molecular weight is 324 g/mol. The molecule has 1 amide bonds. The van der Waals surface area contributed by atoms with E-state index in [0.717, 1.165) is 17.3 Å². The van der Waals surface area contributed by atoms with Gasteiger partial charge in [-0.3, -0.25) is 4.79 Å². The SMILES string of the molecule is NCC#Cc1ccc(F)cc1C(=O)NCC1CSCCS1. The van der Waals surface area contributed by atoms with Crippen LogP contribution in [0.25, 0.3) is 0 Å². The second-order valence-corrected chi connectivity index (χ2v) is 7.03. The molecule has 0 aromatic heterocycles. The monoisotopic (exact) mass is 324 g/mol. The number of hydrogen-bond donors (Lipinski definition) is 2. The molecule has 6 heteroatoms. The molecule has 0 bridgehead atoms. The van der Waals surface area contributed by atoms with E-state index in [-0.39, 0.29) is 18.0 Å². The van der Waals surface area contributed by atoms with Gasteiger partial charge in [0.1, 0.15) is 5.82 Å². The molecular weight excluding hydrogens is 307 g/mol. The highest BCUT2D eigenvalue weighted by Crippen LogP contribution is 2.23. The number of carbonyl (C=O) groups excluding carboxylic acids is 1. The van der Waals surface area contributed by atoms with E-state index in [0.29, 0.717) is 17.4 Å². The standard InChI is InChI=1S/C15H17FN2OS2/c16-12-4-3-11(2-1-5-17)14(8-12)15(19)18-9-13-10-20-6-7-21-13/h3-4,8,13H,5-7,9-10,17H2,(H,18,19). The predicted octanol–water partition coefficient (Wildman–Crippen LogP) is 1.71. The lowest BCUT2D eigenvalue weighted by atomic mass is 10.1. The normalized spacial score (nSPS) is 17.7. The molecular formula is C15H17FN2OS2. The first-order valence-corrected chi connectivity index (χ1v) is 8.87. The number of thioether (sulfide) groups is 2. The van der Waals surface area contributed by atoms with Crippen molar-refractivity contribution in [2.75, 3.05) is 30.3 Å². The van der Waals surface area contributed by atoms with Crippen LogP contribution in [0.2, 0.25) is 0 Å². The van der Waals surface area contributed by atoms with Crippen molar-refractivity contribution in [3.8, 4) is 11.8 Å². The van der Waals surface area contributed by atoms with Gasteiger partial charge in [-0.05, 0) is 18.2 Å². The molecule has 1 aliphatic rings. The number of nitrogens with two attached hydrogens (primary N) is 1. The zero-order valence-electron chi connectivity index (χ0n) is 11.5. The van der Waals surface area contributed by atoms with Gasteiger partial charge < -0.3 is 11.1 Å². The van der Waals surface area contributed by atoms with Crippen LogP contribution in [0.15, 0.2) is 18.2 Å². The first kappa shape index (κ1) is 16.2. The molecule has 1 aromatic carbocycles. The van der Waals surface area contributed by atoms with Crippen molar-refractivity contribution in [2.24, 2.45) is 5.73 Å². The minimum Gasteiger partial charge on any atom is -0.351 e. The van der Waals surface area contributed by atoms with Crippen LogP contribution in [0, 0.1) is 17.7 Å². The summed E-state index contributed by atoms with van der Waals surface area (Å²) in [4.78, 5) is 12.2. The summed E-state index contributed by atoms with van der Waals surface area (Å²) < 4.78 is 13.4. The second-order valence-electron chi connectivity index (χ2n) is 4.47. The number of amides is 1. The number of nitrogens with one attached hydrogen (secondary N) is 1. The zero-order valence-corrected chi connectivity index (χ0v) is 13.2. The maximum Gasteiger partial charge on any atom is 0.252 e. The van der Waals surface area contributed by atoms with E-state index >= 15 is 0 Å². The van der Waals surface area contributed by atoms with Gasteiger partial charge in [0.15, 0.2) is 0 Å². The topological polar surface area (TPSA) is 55.1 Å². The summed E-state index contributed by atoms with van der Waals surface area (Å²) in [6.07, 6.45) is 0. The molecule has 1 heterocycles. The van der Waals surface area contributed by atoms with Crippen molar-refractivity contribution < 1.29 is 9.18 Å². The van der Waals surface area contributed by atoms with Crippen LogP contribution >= 0.6 is 23.5 Å². The highest BCUT2D eigenvalue weighted by molar-refractivity contribution is 8.06. The molecule has 1 fully saturated rings. The molecule has 21 heavy (non-hydrogen) atoms. The Morgan fingerprint density at radius 3 is 3.05 bits per heavy atom. The quantitative estimate of drug-likeness (QED) is 0.831. The largest absolute Gasteiger partial charge is 0.351 e. The van der Waals surface area contributed by atoms with Crippen molar-refractivity contribution in [3.63, 3.8) is 0 Å². The lowest BCUT2D eigenvalue weighted by Gasteiger charge is -2.21. The van der Waals surface area contributed by atoms with Gasteiger partial charge in [-0.2, -0.15) is 23.5 Å². The number of rotatable bonds is 3. The van der Waals surface area contributed by atoms with Gasteiger partial charge in [0.05, 0.1) is 12.1 Å². The Hall–Kier alpha value is -1.16. The number of halogens is 1. The Labute approximate surface area is 132 Å². The molecule has 1 unspecified atom stereocenters. The molecule has 1 atom stereocenters. The zero-order chi connectivity index (χ0) is 15.1. The smallest absolute Gasteiger partial charge is 0.252 e. The summed E-state index contributed by atoms with van der Waals surface area (Å²) in [5.74, 6) is 8.08. The van der Waals surface area contributed by atoms with Crippen LogP contribution < -0.4 is 11.1 Å².